The molecule has 0 saturated heterocycles. The fourth-order valence-corrected chi connectivity index (χ4v) is 0.186. The first-order valence-electron chi connectivity index (χ1n) is 3.46. The van der Waals surface area contributed by atoms with Crippen molar-refractivity contribution < 1.29 is 18.8 Å². The molecule has 0 aliphatic rings. The van der Waals surface area contributed by atoms with Gasteiger partial charge in [0.05, 0.1) is 7.74 Å². The van der Waals surface area contributed by atoms with Crippen LogP contribution in [-0.4, -0.2) is 23.0 Å². The Morgan fingerprint density at radius 3 is 2.44 bits per heavy atom. The number of amides is 1. The highest BCUT2D eigenvalue weighted by Crippen LogP contribution is 1.84. The lowest BCUT2D eigenvalue weighted by Crippen LogP contribution is -2.34. The highest BCUT2D eigenvalue weighted by atomic mass is 16.4. The number of carboxylic acid groups (broad SMARTS) is 1. The number of hydrogen-bond acceptors (Lipinski definition) is 3. The first-order valence-corrected chi connectivity index (χ1v) is 1.96. The molecule has 0 aliphatic carbocycles. The number of hydrogen-bond donors (Lipinski definition) is 3. The Balaban J connectivity index is 5.01. The summed E-state index contributed by atoms with van der Waals surface area (Å²) < 4.78 is 20.4. The maximum Gasteiger partial charge on any atom is 0.321 e. The highest BCUT2D eigenvalue weighted by molar-refractivity contribution is 5.82. The minimum absolute atomic E-state index is 1.58. The maximum atomic E-state index is 10.4. The van der Waals surface area contributed by atoms with Crippen molar-refractivity contribution in [3.05, 3.63) is 0 Å². The van der Waals surface area contributed by atoms with Crippen molar-refractivity contribution in [1.82, 2.24) is 0 Å². The summed E-state index contributed by atoms with van der Waals surface area (Å²) in [6, 6.07) is -3.06. The number of carbonyl (C=O) groups is 2. The molecule has 0 radical (unpaired) electrons. The molecule has 0 rings (SSSR count). The fourth-order valence-electron chi connectivity index (χ4n) is 0.186. The van der Waals surface area contributed by atoms with E-state index in [2.05, 4.69) is 5.73 Å². The van der Waals surface area contributed by atoms with Gasteiger partial charge in [-0.3, -0.25) is 9.59 Å². The molecule has 0 unspecified atom stereocenters. The SMILES string of the molecule is [2H]C([2H])(C(N)=O)[C@]([2H])(N)C(=O)O. The van der Waals surface area contributed by atoms with Crippen molar-refractivity contribution in [3.63, 3.8) is 0 Å². The molecule has 9 heavy (non-hydrogen) atoms. The molecule has 5 nitrogen and oxygen atoms in total. The van der Waals surface area contributed by atoms with Crippen LogP contribution < -0.4 is 11.5 Å². The van der Waals surface area contributed by atoms with Gasteiger partial charge in [0.25, 0.3) is 0 Å². The first kappa shape index (κ1) is 3.84. The number of rotatable bonds is 3. The molecule has 0 spiro atoms. The van der Waals surface area contributed by atoms with E-state index >= 15 is 0 Å². The number of carboxylic acids is 1. The van der Waals surface area contributed by atoms with E-state index in [1.807, 2.05) is 0 Å². The van der Waals surface area contributed by atoms with Crippen LogP contribution in [0.4, 0.5) is 0 Å². The fraction of sp³-hybridized carbons (Fsp3) is 0.500. The van der Waals surface area contributed by atoms with E-state index in [0.717, 1.165) is 0 Å². The maximum absolute atomic E-state index is 10.4. The molecule has 0 heterocycles. The van der Waals surface area contributed by atoms with E-state index in [9.17, 15) is 9.59 Å². The van der Waals surface area contributed by atoms with Gasteiger partial charge in [0.2, 0.25) is 5.91 Å². The Labute approximate surface area is 55.8 Å². The van der Waals surface area contributed by atoms with Gasteiger partial charge >= 0.3 is 5.97 Å². The van der Waals surface area contributed by atoms with Gasteiger partial charge in [-0.1, -0.05) is 0 Å². The van der Waals surface area contributed by atoms with Gasteiger partial charge in [-0.2, -0.15) is 0 Å². The first-order chi connectivity index (χ1) is 5.14. The Kier molecular flexibility index (Phi) is 1.29. The summed E-state index contributed by atoms with van der Waals surface area (Å²) in [5, 5.41) is 8.27. The Bertz CT molecular complexity index is 204. The molecule has 0 aromatic rings. The summed E-state index contributed by atoms with van der Waals surface area (Å²) in [4.78, 5) is 20.6. The molecule has 1 amide bonds. The van der Waals surface area contributed by atoms with Crippen LogP contribution in [0.3, 0.4) is 0 Å². The smallest absolute Gasteiger partial charge is 0.321 e. The van der Waals surface area contributed by atoms with Gasteiger partial charge in [-0.25, -0.2) is 0 Å². The molecule has 0 bridgehead atoms. The third kappa shape index (κ3) is 3.48. The Morgan fingerprint density at radius 1 is 1.89 bits per heavy atom. The average Bonchev–Trinajstić information content (AvgIpc) is 1.86. The van der Waals surface area contributed by atoms with Crippen LogP contribution in [0.2, 0.25) is 0 Å². The summed E-state index contributed by atoms with van der Waals surface area (Å²) in [5.41, 5.74) is 9.25. The zero-order valence-corrected chi connectivity index (χ0v) is 4.42. The van der Waals surface area contributed by atoms with Crippen molar-refractivity contribution in [3.8, 4) is 0 Å². The van der Waals surface area contributed by atoms with E-state index in [0.29, 0.717) is 0 Å². The van der Waals surface area contributed by atoms with Crippen LogP contribution in [0.5, 0.6) is 0 Å². The van der Waals surface area contributed by atoms with Crippen LogP contribution in [0.1, 0.15) is 10.5 Å². The molecule has 0 aliphatic heterocycles. The van der Waals surface area contributed by atoms with Crippen LogP contribution in [0, 0.1) is 0 Å². The van der Waals surface area contributed by atoms with Gasteiger partial charge < -0.3 is 16.6 Å². The van der Waals surface area contributed by atoms with Gasteiger partial charge in [-0.05, 0) is 0 Å². The minimum atomic E-state index is -3.10. The Hall–Kier alpha value is -1.10. The minimum Gasteiger partial charge on any atom is -0.480 e. The number of aliphatic carboxylic acids is 1. The van der Waals surface area contributed by atoms with Crippen molar-refractivity contribution in [1.29, 1.82) is 0 Å². The number of carbonyl (C=O) groups excluding carboxylic acids is 1. The molecular weight excluding hydrogens is 124 g/mol. The normalized spacial score (nSPS) is 22.6. The van der Waals surface area contributed by atoms with Gasteiger partial charge in [-0.15, -0.1) is 0 Å². The van der Waals surface area contributed by atoms with Gasteiger partial charge in [0.15, 0.2) is 0 Å². The number of primary amides is 1. The summed E-state index contributed by atoms with van der Waals surface area (Å²) in [5.74, 6) is -3.53. The molecule has 1 atom stereocenters. The second kappa shape index (κ2) is 3.03. The zero-order chi connectivity index (χ0) is 10.2. The summed E-state index contributed by atoms with van der Waals surface area (Å²) in [7, 11) is 0. The lowest BCUT2D eigenvalue weighted by Gasteiger charge is -1.99. The predicted octanol–water partition coefficient (Wildman–Crippen LogP) is -1.73. The highest BCUT2D eigenvalue weighted by Gasteiger charge is 2.13. The van der Waals surface area contributed by atoms with E-state index in [1.54, 1.807) is 0 Å². The molecule has 5 heteroatoms. The summed E-state index contributed by atoms with van der Waals surface area (Å²) >= 11 is 0. The van der Waals surface area contributed by atoms with E-state index < -0.39 is 24.3 Å². The molecule has 52 valence electrons. The molecule has 0 saturated carbocycles. The monoisotopic (exact) mass is 135 g/mol. The van der Waals surface area contributed by atoms with Crippen LogP contribution >= 0.6 is 0 Å². The standard InChI is InChI=1S/C4H8N2O3/c5-2(4(8)9)1-3(6)7/h2H,1,5H2,(H2,6,7)(H,8,9)/t2-/m0/s1/i1D2,2D. The van der Waals surface area contributed by atoms with Crippen molar-refractivity contribution in [2.75, 3.05) is 0 Å². The summed E-state index contributed by atoms with van der Waals surface area (Å²) in [6.45, 7) is 0. The lowest BCUT2D eigenvalue weighted by atomic mass is 10.2. The van der Waals surface area contributed by atoms with Crippen molar-refractivity contribution >= 4 is 11.9 Å². The van der Waals surface area contributed by atoms with Gasteiger partial charge in [0.1, 0.15) is 6.02 Å². The van der Waals surface area contributed by atoms with Crippen molar-refractivity contribution in [2.45, 2.75) is 12.4 Å². The average molecular weight is 135 g/mol. The van der Waals surface area contributed by atoms with Crippen LogP contribution in [0.25, 0.3) is 0 Å². The molecule has 0 aromatic heterocycles. The van der Waals surface area contributed by atoms with Gasteiger partial charge in [0, 0.05) is 2.74 Å². The molecule has 0 fully saturated rings. The summed E-state index contributed by atoms with van der Waals surface area (Å²) in [6.07, 6.45) is -3.10. The largest absolute Gasteiger partial charge is 0.480 e. The third-order valence-corrected chi connectivity index (χ3v) is 0.488. The molecular formula is C4H8N2O3. The molecule has 5 N–H and O–H groups in total. The van der Waals surface area contributed by atoms with Crippen LogP contribution in [-0.2, 0) is 9.59 Å². The van der Waals surface area contributed by atoms with Crippen molar-refractivity contribution in [2.24, 2.45) is 11.5 Å². The third-order valence-electron chi connectivity index (χ3n) is 0.488. The predicted molar refractivity (Wildman–Crippen MR) is 29.4 cm³/mol. The Morgan fingerprint density at radius 2 is 2.33 bits per heavy atom. The quantitative estimate of drug-likeness (QED) is 0.427. The van der Waals surface area contributed by atoms with E-state index in [4.69, 9.17) is 15.0 Å². The second-order valence-corrected chi connectivity index (χ2v) is 1.21. The lowest BCUT2D eigenvalue weighted by molar-refractivity contribution is -0.140. The topological polar surface area (TPSA) is 106 Å². The molecule has 0 aromatic carbocycles. The van der Waals surface area contributed by atoms with Crippen LogP contribution in [0.15, 0.2) is 0 Å². The number of nitrogens with two attached hydrogens (primary N) is 2. The zero-order valence-electron chi connectivity index (χ0n) is 7.42. The second-order valence-electron chi connectivity index (χ2n) is 1.21. The van der Waals surface area contributed by atoms with E-state index in [-0.39, 0.29) is 0 Å². The van der Waals surface area contributed by atoms with E-state index in [1.165, 1.54) is 0 Å².